The van der Waals surface area contributed by atoms with E-state index in [0.29, 0.717) is 5.69 Å². The van der Waals surface area contributed by atoms with Crippen molar-refractivity contribution < 1.29 is 34.4 Å². The molecule has 4 aromatic rings. The monoisotopic (exact) mass is 618 g/mol. The number of hydrogen-bond acceptors (Lipinski definition) is 3. The third-order valence-corrected chi connectivity index (χ3v) is 10.2. The Kier molecular flexibility index (Phi) is 5.23. The van der Waals surface area contributed by atoms with Crippen molar-refractivity contribution in [1.82, 2.24) is 23.7 Å². The molecule has 0 radical (unpaired) electrons. The number of alkyl halides is 5. The summed E-state index contributed by atoms with van der Waals surface area (Å²) < 4.78 is 47.3. The van der Waals surface area contributed by atoms with E-state index in [1.165, 1.54) is 17.0 Å². The van der Waals surface area contributed by atoms with Gasteiger partial charge in [-0.25, -0.2) is 0 Å². The molecule has 1 aliphatic heterocycles. The van der Waals surface area contributed by atoms with Crippen LogP contribution in [-0.4, -0.2) is 32.6 Å². The average Bonchev–Trinajstić information content (AvgIpc) is 3.26. The maximum absolute atomic E-state index is 13.6. The van der Waals surface area contributed by atoms with Gasteiger partial charge < -0.3 is 0 Å². The van der Waals surface area contributed by atoms with Crippen molar-refractivity contribution in [3.05, 3.63) is 81.0 Å². The predicted molar refractivity (Wildman–Crippen MR) is 112 cm³/mol. The van der Waals surface area contributed by atoms with Gasteiger partial charge in [-0.2, -0.15) is 0 Å². The van der Waals surface area contributed by atoms with Crippen LogP contribution in [0.25, 0.3) is 11.2 Å². The standard InChI is InChI=1S/C21H17BrF3IN5O/c1-29-12-27-28-18(29)7-20(10-26-11-20)13-3-2-4-15(5-13)30-9-17-16(21(23,24)25)6-14(22)8-31(17)19(30)32/h2-6,8-9,12H,7,10-11H2,1H3/q-1. The number of benzene rings is 1. The summed E-state index contributed by atoms with van der Waals surface area (Å²) in [5.41, 5.74) is -0.0492. The van der Waals surface area contributed by atoms with E-state index in [0.717, 1.165) is 37.1 Å². The molecule has 4 heterocycles. The first-order valence-corrected chi connectivity index (χ1v) is 13.5. The van der Waals surface area contributed by atoms with Crippen LogP contribution in [-0.2, 0) is 25.1 Å². The van der Waals surface area contributed by atoms with Crippen LogP contribution < -0.4 is 26.9 Å². The van der Waals surface area contributed by atoms with E-state index in [1.807, 2.05) is 29.8 Å². The van der Waals surface area contributed by atoms with Crippen molar-refractivity contribution in [3.8, 4) is 5.69 Å². The molecule has 32 heavy (non-hydrogen) atoms. The van der Waals surface area contributed by atoms with Gasteiger partial charge in [0.2, 0.25) is 0 Å². The van der Waals surface area contributed by atoms with Crippen molar-refractivity contribution >= 4 is 21.4 Å². The Morgan fingerprint density at radius 3 is 2.62 bits per heavy atom. The van der Waals surface area contributed by atoms with Crippen LogP contribution in [0, 0.1) is 0 Å². The quantitative estimate of drug-likeness (QED) is 0.249. The Labute approximate surface area is 199 Å². The van der Waals surface area contributed by atoms with Crippen LogP contribution in [0.1, 0.15) is 17.0 Å². The first-order chi connectivity index (χ1) is 15.2. The minimum atomic E-state index is -4.58. The van der Waals surface area contributed by atoms with Crippen LogP contribution in [0.15, 0.2) is 58.3 Å². The summed E-state index contributed by atoms with van der Waals surface area (Å²) >= 11 is 3.20. The molecule has 0 atom stereocenters. The molecule has 0 N–H and O–H groups in total. The number of nitrogens with zero attached hydrogens (tertiary/aromatic N) is 5. The van der Waals surface area contributed by atoms with Crippen molar-refractivity contribution in [2.24, 2.45) is 7.05 Å². The first kappa shape index (κ1) is 21.7. The Bertz CT molecular complexity index is 1390. The van der Waals surface area contributed by atoms with Gasteiger partial charge in [0.25, 0.3) is 0 Å². The minimum absolute atomic E-state index is 0.0764. The molecule has 0 bridgehead atoms. The molecule has 168 valence electrons. The molecular formula is C21H17BrF3IN5O-. The summed E-state index contributed by atoms with van der Waals surface area (Å²) in [6, 6.07) is 8.54. The van der Waals surface area contributed by atoms with Crippen molar-refractivity contribution in [2.45, 2.75) is 18.0 Å². The molecule has 6 nitrogen and oxygen atoms in total. The Morgan fingerprint density at radius 1 is 1.22 bits per heavy atom. The van der Waals surface area contributed by atoms with E-state index in [4.69, 9.17) is 0 Å². The summed E-state index contributed by atoms with van der Waals surface area (Å²) in [6.07, 6.45) is 0.463. The molecule has 3 aromatic heterocycles. The zero-order valence-corrected chi connectivity index (χ0v) is 20.5. The number of aryl methyl sites for hydroxylation is 1. The summed E-state index contributed by atoms with van der Waals surface area (Å²) in [6.45, 7) is 0. The number of imidazole rings is 1. The molecule has 0 amide bonds. The zero-order valence-electron chi connectivity index (χ0n) is 16.8. The van der Waals surface area contributed by atoms with Crippen molar-refractivity contribution in [1.29, 1.82) is 0 Å². The molecule has 1 aliphatic rings. The Hall–Kier alpha value is -2.15. The Morgan fingerprint density at radius 2 is 2.00 bits per heavy atom. The number of halogens is 5. The van der Waals surface area contributed by atoms with E-state index in [9.17, 15) is 18.0 Å². The van der Waals surface area contributed by atoms with Gasteiger partial charge in [-0.05, 0) is 0 Å². The van der Waals surface area contributed by atoms with Gasteiger partial charge in [-0.15, -0.1) is 0 Å². The van der Waals surface area contributed by atoms with Gasteiger partial charge in [-0.3, -0.25) is 0 Å². The topological polar surface area (TPSA) is 57.1 Å². The van der Waals surface area contributed by atoms with Gasteiger partial charge in [0.1, 0.15) is 0 Å². The second kappa shape index (κ2) is 7.72. The predicted octanol–water partition coefficient (Wildman–Crippen LogP) is 0.583. The van der Waals surface area contributed by atoms with Gasteiger partial charge in [-0.1, -0.05) is 0 Å². The Balaban J connectivity index is 1.61. The van der Waals surface area contributed by atoms with Gasteiger partial charge in [0.15, 0.2) is 0 Å². The van der Waals surface area contributed by atoms with E-state index >= 15 is 0 Å². The van der Waals surface area contributed by atoms with E-state index in [2.05, 4.69) is 26.1 Å². The van der Waals surface area contributed by atoms with Crippen molar-refractivity contribution in [2.75, 3.05) is 8.86 Å². The number of fused-ring (bicyclic) bond motifs is 1. The third-order valence-electron chi connectivity index (χ3n) is 5.78. The van der Waals surface area contributed by atoms with Crippen LogP contribution in [0.3, 0.4) is 0 Å². The van der Waals surface area contributed by atoms with Crippen LogP contribution in [0.4, 0.5) is 13.2 Å². The fraction of sp³-hybridized carbons (Fsp3) is 0.286. The second-order valence-electron chi connectivity index (χ2n) is 7.93. The van der Waals surface area contributed by atoms with Gasteiger partial charge >= 0.3 is 200 Å². The van der Waals surface area contributed by atoms with Crippen LogP contribution in [0.5, 0.6) is 0 Å². The normalized spacial score (nSPS) is 16.0. The molecule has 5 rings (SSSR count). The fourth-order valence-corrected chi connectivity index (χ4v) is 7.69. The van der Waals surface area contributed by atoms with Crippen LogP contribution in [0.2, 0.25) is 0 Å². The van der Waals surface area contributed by atoms with Gasteiger partial charge in [0, 0.05) is 0 Å². The summed E-state index contributed by atoms with van der Waals surface area (Å²) in [4.78, 5) is 13.0. The first-order valence-electron chi connectivity index (χ1n) is 9.66. The number of hydrogen-bond donors (Lipinski definition) is 0. The second-order valence-corrected chi connectivity index (χ2v) is 11.4. The molecule has 1 aromatic carbocycles. The molecule has 0 saturated carbocycles. The van der Waals surface area contributed by atoms with Crippen molar-refractivity contribution in [3.63, 3.8) is 0 Å². The summed E-state index contributed by atoms with van der Waals surface area (Å²) in [7, 11) is 1.91. The molecule has 11 heteroatoms. The maximum atomic E-state index is 13.6. The SMILES string of the molecule is Cn1cnnc1CC1(c2cccc(-n3cc4c(C(F)(F)F)cc(Br)cn4c3=O)c2)C[I-]C1. The number of aromatic nitrogens is 5. The molecule has 1 fully saturated rings. The molecular weight excluding hydrogens is 602 g/mol. The van der Waals surface area contributed by atoms with E-state index < -0.39 is 17.4 Å². The average molecular weight is 619 g/mol. The molecule has 1 saturated heterocycles. The fourth-order valence-electron chi connectivity index (χ4n) is 4.00. The summed E-state index contributed by atoms with van der Waals surface area (Å²) in [5.74, 6) is 0.894. The molecule has 0 spiro atoms. The number of pyridine rings is 1. The van der Waals surface area contributed by atoms with E-state index in [1.54, 1.807) is 12.4 Å². The van der Waals surface area contributed by atoms with Gasteiger partial charge in [0.05, 0.1) is 0 Å². The van der Waals surface area contributed by atoms with E-state index in [-0.39, 0.29) is 36.6 Å². The van der Waals surface area contributed by atoms with Crippen LogP contribution >= 0.6 is 15.9 Å². The number of rotatable bonds is 4. The molecule has 0 unspecified atom stereocenters. The zero-order chi connectivity index (χ0) is 22.7. The summed E-state index contributed by atoms with van der Waals surface area (Å²) in [5, 5.41) is 8.20. The molecule has 0 aliphatic carbocycles. The third kappa shape index (κ3) is 3.58.